The van der Waals surface area contributed by atoms with E-state index in [4.69, 9.17) is 10.2 Å². The fraction of sp³-hybridized carbons (Fsp3) is 0. The number of carboxylic acids is 1. The van der Waals surface area contributed by atoms with E-state index >= 15 is 0 Å². The van der Waals surface area contributed by atoms with Crippen molar-refractivity contribution in [2.75, 3.05) is 0 Å². The molecule has 0 saturated heterocycles. The first-order chi connectivity index (χ1) is 6.15. The predicted molar refractivity (Wildman–Crippen MR) is 52.4 cm³/mol. The monoisotopic (exact) mass is 242 g/mol. The first kappa shape index (κ1) is 9.80. The van der Waals surface area contributed by atoms with Crippen LogP contribution in [-0.2, 0) is 4.79 Å². The van der Waals surface area contributed by atoms with Gasteiger partial charge >= 0.3 is 5.97 Å². The molecule has 0 radical (unpaired) electrons. The minimum absolute atomic E-state index is 0.124. The predicted octanol–water partition coefficient (Wildman–Crippen LogP) is 2.43. The van der Waals surface area contributed by atoms with Gasteiger partial charge in [-0.2, -0.15) is 0 Å². The van der Waals surface area contributed by atoms with E-state index < -0.39 is 5.97 Å². The maximum atomic E-state index is 10.6. The number of aliphatic carboxylic acids is 1. The Hall–Kier alpha value is -1.29. The molecule has 1 rings (SSSR count). The molecule has 0 atom stereocenters. The van der Waals surface area contributed by atoms with Crippen molar-refractivity contribution >= 4 is 27.5 Å². The lowest BCUT2D eigenvalue weighted by atomic mass is 10.1. The van der Waals surface area contributed by atoms with Crippen LogP contribution in [0.4, 0.5) is 0 Å². The zero-order valence-corrected chi connectivity index (χ0v) is 8.15. The topological polar surface area (TPSA) is 57.5 Å². The molecule has 0 unspecified atom stereocenters. The summed E-state index contributed by atoms with van der Waals surface area (Å²) in [6, 6.07) is 6.71. The molecule has 0 saturated carbocycles. The van der Waals surface area contributed by atoms with E-state index in [0.717, 1.165) is 4.47 Å². The molecule has 3 nitrogen and oxygen atoms in total. The van der Waals surface area contributed by atoms with Crippen LogP contribution in [0.15, 0.2) is 35.0 Å². The van der Waals surface area contributed by atoms with Crippen LogP contribution >= 0.6 is 15.9 Å². The fourth-order valence-electron chi connectivity index (χ4n) is 0.909. The van der Waals surface area contributed by atoms with E-state index in [1.807, 2.05) is 0 Å². The van der Waals surface area contributed by atoms with Gasteiger partial charge in [-0.05, 0) is 17.7 Å². The molecule has 4 heteroatoms. The standard InChI is InChI=1S/C9H7BrO3/c10-7-3-1-2-6(4-7)8(5-11)9(12)13/h1-5,11H,(H,12,13)/b8-5-. The maximum absolute atomic E-state index is 10.6. The number of carboxylic acid groups (broad SMARTS) is 1. The lowest BCUT2D eigenvalue weighted by molar-refractivity contribution is -0.130. The van der Waals surface area contributed by atoms with Crippen LogP contribution in [0.5, 0.6) is 0 Å². The molecule has 0 aromatic heterocycles. The summed E-state index contributed by atoms with van der Waals surface area (Å²) in [4.78, 5) is 10.6. The summed E-state index contributed by atoms with van der Waals surface area (Å²) in [7, 11) is 0. The molecule has 0 aliphatic rings. The van der Waals surface area contributed by atoms with E-state index in [2.05, 4.69) is 15.9 Å². The lowest BCUT2D eigenvalue weighted by Crippen LogP contribution is -1.99. The molecule has 0 aliphatic carbocycles. The first-order valence-corrected chi connectivity index (χ1v) is 4.28. The van der Waals surface area contributed by atoms with Crippen molar-refractivity contribution in [3.05, 3.63) is 40.6 Å². The summed E-state index contributed by atoms with van der Waals surface area (Å²) in [6.07, 6.45) is 0.587. The van der Waals surface area contributed by atoms with E-state index in [1.54, 1.807) is 24.3 Å². The van der Waals surface area contributed by atoms with Crippen LogP contribution in [0.3, 0.4) is 0 Å². The van der Waals surface area contributed by atoms with Gasteiger partial charge in [-0.3, -0.25) is 0 Å². The molecule has 68 valence electrons. The number of halogens is 1. The lowest BCUT2D eigenvalue weighted by Gasteiger charge is -2.00. The summed E-state index contributed by atoms with van der Waals surface area (Å²) >= 11 is 3.21. The second kappa shape index (κ2) is 4.09. The average molecular weight is 243 g/mol. The minimum atomic E-state index is -1.15. The maximum Gasteiger partial charge on any atom is 0.339 e. The number of aliphatic hydroxyl groups excluding tert-OH is 1. The van der Waals surface area contributed by atoms with Crippen LogP contribution < -0.4 is 0 Å². The number of hydrogen-bond acceptors (Lipinski definition) is 2. The molecule has 1 aromatic carbocycles. The number of benzene rings is 1. The zero-order chi connectivity index (χ0) is 9.84. The molecule has 0 bridgehead atoms. The summed E-state index contributed by atoms with van der Waals surface area (Å²) in [6.45, 7) is 0. The van der Waals surface area contributed by atoms with Gasteiger partial charge in [0.25, 0.3) is 0 Å². The second-order valence-corrected chi connectivity index (χ2v) is 3.27. The van der Waals surface area contributed by atoms with Gasteiger partial charge in [0.15, 0.2) is 0 Å². The van der Waals surface area contributed by atoms with Gasteiger partial charge in [0.05, 0.1) is 6.26 Å². The van der Waals surface area contributed by atoms with Crippen LogP contribution in [0.25, 0.3) is 5.57 Å². The Morgan fingerprint density at radius 2 is 2.15 bits per heavy atom. The molecule has 0 spiro atoms. The van der Waals surface area contributed by atoms with Crippen LogP contribution in [0.2, 0.25) is 0 Å². The summed E-state index contributed by atoms with van der Waals surface area (Å²) in [5, 5.41) is 17.4. The molecule has 0 amide bonds. The number of hydrogen-bond donors (Lipinski definition) is 2. The Kier molecular flexibility index (Phi) is 3.08. The molecule has 0 aliphatic heterocycles. The van der Waals surface area contributed by atoms with Gasteiger partial charge in [0, 0.05) is 4.47 Å². The van der Waals surface area contributed by atoms with Gasteiger partial charge in [0.2, 0.25) is 0 Å². The molecule has 1 aromatic rings. The Morgan fingerprint density at radius 1 is 1.46 bits per heavy atom. The minimum Gasteiger partial charge on any atom is -0.515 e. The quantitative estimate of drug-likeness (QED) is 0.619. The van der Waals surface area contributed by atoms with Crippen molar-refractivity contribution in [1.82, 2.24) is 0 Å². The molecule has 0 fully saturated rings. The zero-order valence-electron chi connectivity index (χ0n) is 6.57. The van der Waals surface area contributed by atoms with Gasteiger partial charge < -0.3 is 10.2 Å². The van der Waals surface area contributed by atoms with Crippen molar-refractivity contribution in [3.8, 4) is 0 Å². The highest BCUT2D eigenvalue weighted by atomic mass is 79.9. The first-order valence-electron chi connectivity index (χ1n) is 3.48. The van der Waals surface area contributed by atoms with E-state index in [0.29, 0.717) is 11.8 Å². The molecule has 2 N–H and O–H groups in total. The molecule has 13 heavy (non-hydrogen) atoms. The van der Waals surface area contributed by atoms with Crippen molar-refractivity contribution in [2.45, 2.75) is 0 Å². The molecular weight excluding hydrogens is 236 g/mol. The average Bonchev–Trinajstić information content (AvgIpc) is 2.04. The third kappa shape index (κ3) is 2.32. The Balaban J connectivity index is 3.14. The second-order valence-electron chi connectivity index (χ2n) is 2.36. The van der Waals surface area contributed by atoms with Crippen molar-refractivity contribution < 1.29 is 15.0 Å². The number of rotatable bonds is 2. The smallest absolute Gasteiger partial charge is 0.339 e. The SMILES string of the molecule is O=C(O)/C(=C\O)c1cccc(Br)c1. The molecular formula is C9H7BrO3. The Bertz CT molecular complexity index is 358. The summed E-state index contributed by atoms with van der Waals surface area (Å²) in [5.74, 6) is -1.15. The number of carbonyl (C=O) groups is 1. The van der Waals surface area contributed by atoms with Crippen LogP contribution in [0.1, 0.15) is 5.56 Å². The Labute approximate surface area is 83.5 Å². The van der Waals surface area contributed by atoms with Gasteiger partial charge in [-0.15, -0.1) is 0 Å². The number of aliphatic hydroxyl groups is 1. The Morgan fingerprint density at radius 3 is 2.62 bits per heavy atom. The van der Waals surface area contributed by atoms with Crippen molar-refractivity contribution in [2.24, 2.45) is 0 Å². The van der Waals surface area contributed by atoms with Gasteiger partial charge in [-0.25, -0.2) is 4.79 Å². The van der Waals surface area contributed by atoms with E-state index in [-0.39, 0.29) is 5.57 Å². The highest BCUT2D eigenvalue weighted by Crippen LogP contribution is 2.18. The van der Waals surface area contributed by atoms with Crippen LogP contribution in [0, 0.1) is 0 Å². The van der Waals surface area contributed by atoms with Gasteiger partial charge in [-0.1, -0.05) is 28.1 Å². The third-order valence-corrected chi connectivity index (χ3v) is 1.99. The van der Waals surface area contributed by atoms with Crippen molar-refractivity contribution in [1.29, 1.82) is 0 Å². The molecule has 0 heterocycles. The van der Waals surface area contributed by atoms with Crippen molar-refractivity contribution in [3.63, 3.8) is 0 Å². The normalized spacial score (nSPS) is 11.3. The highest BCUT2D eigenvalue weighted by Gasteiger charge is 2.09. The largest absolute Gasteiger partial charge is 0.515 e. The third-order valence-electron chi connectivity index (χ3n) is 1.50. The van der Waals surface area contributed by atoms with Crippen LogP contribution in [-0.4, -0.2) is 16.2 Å². The fourth-order valence-corrected chi connectivity index (χ4v) is 1.31. The highest BCUT2D eigenvalue weighted by molar-refractivity contribution is 9.10. The van der Waals surface area contributed by atoms with E-state index in [9.17, 15) is 4.79 Å². The van der Waals surface area contributed by atoms with E-state index in [1.165, 1.54) is 0 Å². The van der Waals surface area contributed by atoms with Gasteiger partial charge in [0.1, 0.15) is 5.57 Å². The summed E-state index contributed by atoms with van der Waals surface area (Å²) in [5.41, 5.74) is 0.339. The summed E-state index contributed by atoms with van der Waals surface area (Å²) < 4.78 is 0.769.